The predicted octanol–water partition coefficient (Wildman–Crippen LogP) is 3.14. The minimum Gasteiger partial charge on any atom is -0.357 e. The molecule has 1 atom stereocenters. The fourth-order valence-corrected chi connectivity index (χ4v) is 3.90. The quantitative estimate of drug-likeness (QED) is 0.857. The van der Waals surface area contributed by atoms with Crippen molar-refractivity contribution in [1.82, 2.24) is 9.88 Å². The molecule has 0 bridgehead atoms. The Morgan fingerprint density at radius 2 is 1.81 bits per heavy atom. The number of amides is 1. The molecule has 5 heteroatoms. The number of nitriles is 1. The highest BCUT2D eigenvalue weighted by Crippen LogP contribution is 2.36. The van der Waals surface area contributed by atoms with E-state index in [2.05, 4.69) is 33.0 Å². The number of benzene rings is 1. The Hall–Kier alpha value is -2.87. The van der Waals surface area contributed by atoms with Crippen LogP contribution in [0.1, 0.15) is 36.4 Å². The van der Waals surface area contributed by atoms with E-state index in [4.69, 9.17) is 5.26 Å². The second-order valence-corrected chi connectivity index (χ2v) is 7.02. The van der Waals surface area contributed by atoms with Gasteiger partial charge in [0.2, 0.25) is 5.91 Å². The molecule has 0 N–H and O–H groups in total. The molecule has 132 valence electrons. The molecule has 1 amide bonds. The smallest absolute Gasteiger partial charge is 0.226 e. The van der Waals surface area contributed by atoms with E-state index in [0.29, 0.717) is 11.5 Å². The van der Waals surface area contributed by atoms with Gasteiger partial charge in [0, 0.05) is 31.7 Å². The first-order valence-corrected chi connectivity index (χ1v) is 9.23. The van der Waals surface area contributed by atoms with Crippen LogP contribution in [-0.4, -0.2) is 35.4 Å². The van der Waals surface area contributed by atoms with Crippen LogP contribution in [0.25, 0.3) is 0 Å². The first-order valence-electron chi connectivity index (χ1n) is 9.23. The van der Waals surface area contributed by atoms with Gasteiger partial charge in [-0.15, -0.1) is 0 Å². The number of hydrogen-bond donors (Lipinski definition) is 0. The van der Waals surface area contributed by atoms with Crippen molar-refractivity contribution < 1.29 is 4.79 Å². The maximum Gasteiger partial charge on any atom is 0.226 e. The highest BCUT2D eigenvalue weighted by molar-refractivity contribution is 5.80. The van der Waals surface area contributed by atoms with Crippen molar-refractivity contribution >= 4 is 11.7 Å². The molecule has 1 unspecified atom stereocenters. The Balaban J connectivity index is 1.35. The van der Waals surface area contributed by atoms with Crippen molar-refractivity contribution in [3.63, 3.8) is 0 Å². The number of likely N-dealkylation sites (tertiary alicyclic amines) is 1. The average molecular weight is 346 g/mol. The number of nitrogens with zero attached hydrogens (tertiary/aromatic N) is 4. The summed E-state index contributed by atoms with van der Waals surface area (Å²) in [5.41, 5.74) is 1.81. The summed E-state index contributed by atoms with van der Waals surface area (Å²) in [5.74, 6) is 1.30. The molecule has 5 nitrogen and oxygen atoms in total. The summed E-state index contributed by atoms with van der Waals surface area (Å²) < 4.78 is 0. The zero-order chi connectivity index (χ0) is 17.9. The Labute approximate surface area is 153 Å². The maximum absolute atomic E-state index is 12.9. The van der Waals surface area contributed by atoms with Gasteiger partial charge in [0.05, 0.1) is 11.6 Å². The largest absolute Gasteiger partial charge is 0.357 e. The maximum atomic E-state index is 12.9. The first-order chi connectivity index (χ1) is 12.8. The van der Waals surface area contributed by atoms with Gasteiger partial charge in [-0.05, 0) is 37.0 Å². The predicted molar refractivity (Wildman–Crippen MR) is 99.4 cm³/mol. The molecule has 1 aromatic heterocycles. The second kappa shape index (κ2) is 7.17. The summed E-state index contributed by atoms with van der Waals surface area (Å²) in [7, 11) is 0. The summed E-state index contributed by atoms with van der Waals surface area (Å²) in [6.45, 7) is 2.54. The summed E-state index contributed by atoms with van der Waals surface area (Å²) in [6.07, 6.45) is 4.39. The molecule has 2 aliphatic heterocycles. The lowest BCUT2D eigenvalue weighted by Gasteiger charge is -2.44. The van der Waals surface area contributed by atoms with E-state index in [1.807, 2.05) is 24.3 Å². The molecular weight excluding hydrogens is 324 g/mol. The van der Waals surface area contributed by atoms with Crippen LogP contribution in [0.4, 0.5) is 5.82 Å². The number of hydrogen-bond acceptors (Lipinski definition) is 4. The molecule has 3 heterocycles. The van der Waals surface area contributed by atoms with Gasteiger partial charge >= 0.3 is 0 Å². The molecule has 0 radical (unpaired) electrons. The first kappa shape index (κ1) is 16.6. The molecule has 0 spiro atoms. The highest BCUT2D eigenvalue weighted by atomic mass is 16.2. The average Bonchev–Trinajstić information content (AvgIpc) is 2.68. The fraction of sp³-hybridized carbons (Fsp3) is 0.381. The topological polar surface area (TPSA) is 60.2 Å². The number of carbonyl (C=O) groups excluding carboxylic acids is 1. The number of pyridine rings is 1. The zero-order valence-corrected chi connectivity index (χ0v) is 14.7. The normalized spacial score (nSPS) is 20.3. The highest BCUT2D eigenvalue weighted by Gasteiger charge is 2.37. The van der Waals surface area contributed by atoms with Crippen LogP contribution in [0.2, 0.25) is 0 Å². The van der Waals surface area contributed by atoms with Crippen LogP contribution >= 0.6 is 0 Å². The summed E-state index contributed by atoms with van der Waals surface area (Å²) in [5, 5.41) is 8.87. The standard InChI is InChI=1S/C21H22N4O/c22-14-16-6-7-20(23-15-16)24-11-8-18(9-12-24)21(26)25-13-10-19(25)17-4-2-1-3-5-17/h1-7,15,18-19H,8-13H2. The molecule has 2 aromatic rings. The summed E-state index contributed by atoms with van der Waals surface area (Å²) >= 11 is 0. The third-order valence-corrected chi connectivity index (χ3v) is 5.53. The van der Waals surface area contributed by atoms with Gasteiger partial charge in [-0.2, -0.15) is 5.26 Å². The van der Waals surface area contributed by atoms with Crippen molar-refractivity contribution in [1.29, 1.82) is 5.26 Å². The minimum atomic E-state index is 0.108. The van der Waals surface area contributed by atoms with Crippen molar-refractivity contribution in [3.8, 4) is 6.07 Å². The van der Waals surface area contributed by atoms with Gasteiger partial charge in [-0.3, -0.25) is 4.79 Å². The van der Waals surface area contributed by atoms with Gasteiger partial charge in [0.25, 0.3) is 0 Å². The Kier molecular flexibility index (Phi) is 4.57. The molecular formula is C21H22N4O. The van der Waals surface area contributed by atoms with Crippen LogP contribution in [0, 0.1) is 17.2 Å². The van der Waals surface area contributed by atoms with E-state index in [1.54, 1.807) is 12.3 Å². The van der Waals surface area contributed by atoms with E-state index in [9.17, 15) is 4.79 Å². The molecule has 2 aliphatic rings. The molecule has 0 aliphatic carbocycles. The van der Waals surface area contributed by atoms with E-state index in [-0.39, 0.29) is 12.0 Å². The van der Waals surface area contributed by atoms with E-state index in [0.717, 1.165) is 44.7 Å². The van der Waals surface area contributed by atoms with Crippen LogP contribution < -0.4 is 4.90 Å². The van der Waals surface area contributed by atoms with Gasteiger partial charge in [-0.25, -0.2) is 4.98 Å². The third-order valence-electron chi connectivity index (χ3n) is 5.53. The van der Waals surface area contributed by atoms with Gasteiger partial charge in [0.1, 0.15) is 11.9 Å². The molecule has 2 saturated heterocycles. The second-order valence-electron chi connectivity index (χ2n) is 7.02. The number of anilines is 1. The van der Waals surface area contributed by atoms with Crippen LogP contribution in [0.3, 0.4) is 0 Å². The molecule has 26 heavy (non-hydrogen) atoms. The van der Waals surface area contributed by atoms with Crippen molar-refractivity contribution in [2.45, 2.75) is 25.3 Å². The fourth-order valence-electron chi connectivity index (χ4n) is 3.90. The number of carbonyl (C=O) groups is 1. The minimum absolute atomic E-state index is 0.108. The molecule has 0 saturated carbocycles. The number of piperidine rings is 1. The Morgan fingerprint density at radius 1 is 1.04 bits per heavy atom. The van der Waals surface area contributed by atoms with E-state index in [1.165, 1.54) is 5.56 Å². The number of aromatic nitrogens is 1. The van der Waals surface area contributed by atoms with Crippen molar-refractivity contribution in [2.24, 2.45) is 5.92 Å². The Bertz CT molecular complexity index is 804. The number of rotatable bonds is 3. The van der Waals surface area contributed by atoms with Gasteiger partial charge < -0.3 is 9.80 Å². The lowest BCUT2D eigenvalue weighted by atomic mass is 9.89. The van der Waals surface area contributed by atoms with E-state index < -0.39 is 0 Å². The van der Waals surface area contributed by atoms with E-state index >= 15 is 0 Å². The lowest BCUT2D eigenvalue weighted by Crippen LogP contribution is -2.50. The van der Waals surface area contributed by atoms with Gasteiger partial charge in [0.15, 0.2) is 0 Å². The lowest BCUT2D eigenvalue weighted by molar-refractivity contribution is -0.144. The van der Waals surface area contributed by atoms with Crippen molar-refractivity contribution in [3.05, 3.63) is 59.8 Å². The Morgan fingerprint density at radius 3 is 2.38 bits per heavy atom. The molecule has 1 aromatic carbocycles. The summed E-state index contributed by atoms with van der Waals surface area (Å²) in [6, 6.07) is 16.4. The SMILES string of the molecule is N#Cc1ccc(N2CCC(C(=O)N3CCC3c3ccccc3)CC2)nc1. The van der Waals surface area contributed by atoms with Crippen molar-refractivity contribution in [2.75, 3.05) is 24.5 Å². The zero-order valence-electron chi connectivity index (χ0n) is 14.7. The third kappa shape index (κ3) is 3.15. The van der Waals surface area contributed by atoms with Crippen LogP contribution in [-0.2, 0) is 4.79 Å². The molecule has 4 rings (SSSR count). The monoisotopic (exact) mass is 346 g/mol. The molecule has 2 fully saturated rings. The van der Waals surface area contributed by atoms with Crippen LogP contribution in [0.15, 0.2) is 48.7 Å². The van der Waals surface area contributed by atoms with Crippen LogP contribution in [0.5, 0.6) is 0 Å². The summed E-state index contributed by atoms with van der Waals surface area (Å²) in [4.78, 5) is 21.6. The van der Waals surface area contributed by atoms with Gasteiger partial charge in [-0.1, -0.05) is 30.3 Å².